The highest BCUT2D eigenvalue weighted by Gasteiger charge is 2.02. The van der Waals surface area contributed by atoms with Gasteiger partial charge in [0, 0.05) is 27.7 Å². The fourth-order valence-corrected chi connectivity index (χ4v) is 2.15. The standard InChI is InChI=1S/C13H14N2S/c1-9-7-12-8-11(3-4-13(12)15-9)10(2)16-6-5-14/h3-8,15H,2,14H2,1H3/b6-5-. The van der Waals surface area contributed by atoms with E-state index in [9.17, 15) is 0 Å². The first-order chi connectivity index (χ1) is 7.70. The van der Waals surface area contributed by atoms with Gasteiger partial charge in [0.2, 0.25) is 0 Å². The molecule has 0 fully saturated rings. The van der Waals surface area contributed by atoms with Gasteiger partial charge < -0.3 is 10.7 Å². The van der Waals surface area contributed by atoms with Gasteiger partial charge in [0.05, 0.1) is 0 Å². The fraction of sp³-hybridized carbons (Fsp3) is 0.0769. The van der Waals surface area contributed by atoms with Gasteiger partial charge in [-0.05, 0) is 36.1 Å². The molecule has 3 heteroatoms. The number of nitrogens with two attached hydrogens (primary N) is 1. The Morgan fingerprint density at radius 2 is 2.25 bits per heavy atom. The Balaban J connectivity index is 2.34. The van der Waals surface area contributed by atoms with Gasteiger partial charge in [-0.25, -0.2) is 0 Å². The molecule has 2 aromatic rings. The van der Waals surface area contributed by atoms with Crippen LogP contribution >= 0.6 is 11.8 Å². The number of fused-ring (bicyclic) bond motifs is 1. The van der Waals surface area contributed by atoms with Crippen LogP contribution in [0.3, 0.4) is 0 Å². The molecule has 0 bridgehead atoms. The summed E-state index contributed by atoms with van der Waals surface area (Å²) in [4.78, 5) is 4.30. The number of aromatic nitrogens is 1. The first kappa shape index (κ1) is 10.9. The summed E-state index contributed by atoms with van der Waals surface area (Å²) < 4.78 is 0. The molecule has 0 amide bonds. The van der Waals surface area contributed by atoms with Gasteiger partial charge in [0.15, 0.2) is 0 Å². The number of thioether (sulfide) groups is 1. The topological polar surface area (TPSA) is 41.8 Å². The lowest BCUT2D eigenvalue weighted by Gasteiger charge is -2.02. The van der Waals surface area contributed by atoms with Crippen molar-refractivity contribution in [2.45, 2.75) is 6.92 Å². The van der Waals surface area contributed by atoms with Crippen LogP contribution in [0.15, 0.2) is 42.5 Å². The molecule has 82 valence electrons. The summed E-state index contributed by atoms with van der Waals surface area (Å²) in [6.45, 7) is 6.08. The van der Waals surface area contributed by atoms with Crippen molar-refractivity contribution in [3.05, 3.63) is 53.7 Å². The summed E-state index contributed by atoms with van der Waals surface area (Å²) in [5.41, 5.74) is 8.77. The van der Waals surface area contributed by atoms with Crippen LogP contribution in [0, 0.1) is 6.92 Å². The Bertz CT molecular complexity index is 552. The van der Waals surface area contributed by atoms with Crippen molar-refractivity contribution in [1.29, 1.82) is 0 Å². The van der Waals surface area contributed by atoms with E-state index in [1.54, 1.807) is 0 Å². The maximum Gasteiger partial charge on any atom is 0.0456 e. The second-order valence-corrected chi connectivity index (χ2v) is 4.62. The van der Waals surface area contributed by atoms with Gasteiger partial charge in [-0.15, -0.1) is 0 Å². The van der Waals surface area contributed by atoms with Crippen molar-refractivity contribution in [3.8, 4) is 0 Å². The number of benzene rings is 1. The molecule has 1 aromatic heterocycles. The highest BCUT2D eigenvalue weighted by atomic mass is 32.2. The van der Waals surface area contributed by atoms with E-state index >= 15 is 0 Å². The van der Waals surface area contributed by atoms with Gasteiger partial charge in [-0.3, -0.25) is 0 Å². The van der Waals surface area contributed by atoms with Crippen molar-refractivity contribution < 1.29 is 0 Å². The Kier molecular flexibility index (Phi) is 3.06. The Labute approximate surface area is 99.2 Å². The van der Waals surface area contributed by atoms with Crippen LogP contribution < -0.4 is 5.73 Å². The molecule has 0 aliphatic carbocycles. The minimum Gasteiger partial charge on any atom is -0.404 e. The summed E-state index contributed by atoms with van der Waals surface area (Å²) in [5.74, 6) is 0. The lowest BCUT2D eigenvalue weighted by atomic mass is 10.1. The zero-order chi connectivity index (χ0) is 11.5. The van der Waals surface area contributed by atoms with Crippen molar-refractivity contribution in [1.82, 2.24) is 4.98 Å². The van der Waals surface area contributed by atoms with E-state index in [0.29, 0.717) is 0 Å². The number of hydrogen-bond donors (Lipinski definition) is 2. The Morgan fingerprint density at radius 3 is 3.00 bits per heavy atom. The molecule has 3 N–H and O–H groups in total. The largest absolute Gasteiger partial charge is 0.404 e. The third-order valence-electron chi connectivity index (χ3n) is 2.37. The molecular weight excluding hydrogens is 216 g/mol. The van der Waals surface area contributed by atoms with Crippen molar-refractivity contribution in [2.75, 3.05) is 0 Å². The minimum absolute atomic E-state index is 1.00. The number of aromatic amines is 1. The lowest BCUT2D eigenvalue weighted by Crippen LogP contribution is -1.78. The second-order valence-electron chi connectivity index (χ2n) is 3.62. The first-order valence-electron chi connectivity index (χ1n) is 5.03. The van der Waals surface area contributed by atoms with E-state index in [0.717, 1.165) is 16.0 Å². The monoisotopic (exact) mass is 230 g/mol. The molecule has 0 spiro atoms. The van der Waals surface area contributed by atoms with Gasteiger partial charge >= 0.3 is 0 Å². The van der Waals surface area contributed by atoms with Gasteiger partial charge in [0.25, 0.3) is 0 Å². The maximum atomic E-state index is 5.30. The van der Waals surface area contributed by atoms with Crippen molar-refractivity contribution in [3.63, 3.8) is 0 Å². The molecule has 0 unspecified atom stereocenters. The molecule has 0 atom stereocenters. The Morgan fingerprint density at radius 1 is 1.44 bits per heavy atom. The van der Waals surface area contributed by atoms with Gasteiger partial charge in [-0.1, -0.05) is 24.4 Å². The number of nitrogens with one attached hydrogen (secondary N) is 1. The molecule has 0 aliphatic heterocycles. The van der Waals surface area contributed by atoms with E-state index < -0.39 is 0 Å². The molecule has 0 saturated heterocycles. The van der Waals surface area contributed by atoms with Crippen molar-refractivity contribution in [2.24, 2.45) is 5.73 Å². The molecule has 2 nitrogen and oxygen atoms in total. The zero-order valence-electron chi connectivity index (χ0n) is 9.16. The highest BCUT2D eigenvalue weighted by molar-refractivity contribution is 8.10. The predicted molar refractivity (Wildman–Crippen MR) is 73.0 cm³/mol. The van der Waals surface area contributed by atoms with Crippen LogP contribution in [-0.2, 0) is 0 Å². The number of H-pyrrole nitrogens is 1. The van der Waals surface area contributed by atoms with Gasteiger partial charge in [0.1, 0.15) is 0 Å². The average molecular weight is 230 g/mol. The van der Waals surface area contributed by atoms with Crippen molar-refractivity contribution >= 4 is 27.6 Å². The minimum atomic E-state index is 1.00. The molecule has 1 heterocycles. The summed E-state index contributed by atoms with van der Waals surface area (Å²) >= 11 is 1.53. The molecule has 0 saturated carbocycles. The molecule has 2 rings (SSSR count). The lowest BCUT2D eigenvalue weighted by molar-refractivity contribution is 1.30. The molecule has 16 heavy (non-hydrogen) atoms. The molecule has 0 aliphatic rings. The molecule has 0 radical (unpaired) electrons. The van der Waals surface area contributed by atoms with Crippen LogP contribution in [0.4, 0.5) is 0 Å². The summed E-state index contributed by atoms with van der Waals surface area (Å²) in [6.07, 6.45) is 1.52. The Hall–Kier alpha value is -1.61. The first-order valence-corrected chi connectivity index (χ1v) is 5.91. The predicted octanol–water partition coefficient (Wildman–Crippen LogP) is 3.61. The van der Waals surface area contributed by atoms with Crippen LogP contribution in [0.25, 0.3) is 15.8 Å². The van der Waals surface area contributed by atoms with Crippen LogP contribution in [-0.4, -0.2) is 4.98 Å². The van der Waals surface area contributed by atoms with E-state index in [-0.39, 0.29) is 0 Å². The van der Waals surface area contributed by atoms with E-state index in [1.807, 2.05) is 5.41 Å². The fourth-order valence-electron chi connectivity index (χ4n) is 1.64. The number of hydrogen-bond acceptors (Lipinski definition) is 2. The third-order valence-corrected chi connectivity index (χ3v) is 3.18. The third kappa shape index (κ3) is 2.14. The van der Waals surface area contributed by atoms with Crippen LogP contribution in [0.5, 0.6) is 0 Å². The molecular formula is C13H14N2S. The summed E-state index contributed by atoms with van der Waals surface area (Å²) in [5, 5.41) is 3.04. The quantitative estimate of drug-likeness (QED) is 0.845. The molecule has 1 aromatic carbocycles. The van der Waals surface area contributed by atoms with E-state index in [1.165, 1.54) is 29.0 Å². The van der Waals surface area contributed by atoms with Crippen LogP contribution in [0.2, 0.25) is 0 Å². The van der Waals surface area contributed by atoms with Gasteiger partial charge in [-0.2, -0.15) is 0 Å². The maximum absolute atomic E-state index is 5.30. The number of aryl methyl sites for hydroxylation is 1. The SMILES string of the molecule is C=C(S/C=C\N)c1ccc2[nH]c(C)cc2c1. The van der Waals surface area contributed by atoms with E-state index in [2.05, 4.69) is 42.8 Å². The normalized spacial score (nSPS) is 11.3. The smallest absolute Gasteiger partial charge is 0.0456 e. The number of rotatable bonds is 3. The average Bonchev–Trinajstić information content (AvgIpc) is 2.64. The summed E-state index contributed by atoms with van der Waals surface area (Å²) in [7, 11) is 0. The zero-order valence-corrected chi connectivity index (χ0v) is 9.97. The highest BCUT2D eigenvalue weighted by Crippen LogP contribution is 2.28. The van der Waals surface area contributed by atoms with E-state index in [4.69, 9.17) is 5.73 Å². The summed E-state index contributed by atoms with van der Waals surface area (Å²) in [6, 6.07) is 8.42. The second kappa shape index (κ2) is 4.49. The van der Waals surface area contributed by atoms with Crippen LogP contribution in [0.1, 0.15) is 11.3 Å².